The van der Waals surface area contributed by atoms with Gasteiger partial charge in [0.1, 0.15) is 13.2 Å². The number of quaternary nitrogens is 1. The second-order valence-corrected chi connectivity index (χ2v) is 19.6. The van der Waals surface area contributed by atoms with E-state index in [2.05, 4.69) is 141 Å². The van der Waals surface area contributed by atoms with Gasteiger partial charge in [-0.2, -0.15) is 0 Å². The molecule has 9 heteroatoms. The van der Waals surface area contributed by atoms with Crippen LogP contribution in [0.25, 0.3) is 0 Å². The molecular formula is C58H97N2O6P. The van der Waals surface area contributed by atoms with E-state index < -0.39 is 26.6 Å². The third-order valence-electron chi connectivity index (χ3n) is 10.6. The van der Waals surface area contributed by atoms with E-state index in [-0.39, 0.29) is 12.5 Å². The van der Waals surface area contributed by atoms with E-state index in [0.29, 0.717) is 17.4 Å². The maximum atomic E-state index is 12.8. The minimum Gasteiger partial charge on any atom is -0.756 e. The standard InChI is InChI=1S/C58H97N2O6P/c1-6-8-10-12-14-16-17-18-19-20-21-22-23-24-25-26-27-28-29-30-31-32-33-34-35-36-37-38-39-40-41-42-43-44-46-48-50-52-58(62)59-56(55-66-67(63,64)65-54-53-60(3,4)5)57(61)51-49-47-45-15-13-11-9-7-2/h8,10,14,16,18-19,21-22,24-25,27-28,30-31,33-34,36-37,39-40,49,51,56-57,61H,6-7,9,11-13,15,17,20,23,26,29,32,35,38,41-48,50,52-55H2,1-5H3,(H-,59,62,63,64)/b10-8-,16-14-,19-18-,22-21-,25-24-,28-27-,31-30-,34-33-,37-36-,40-39-,51-49+. The first-order valence-electron chi connectivity index (χ1n) is 26.0. The Morgan fingerprint density at radius 1 is 0.537 bits per heavy atom. The number of aliphatic hydroxyl groups excluding tert-OH is 1. The Labute approximate surface area is 411 Å². The molecule has 0 bridgehead atoms. The monoisotopic (exact) mass is 949 g/mol. The van der Waals surface area contributed by atoms with E-state index in [9.17, 15) is 19.4 Å². The Morgan fingerprint density at radius 2 is 0.910 bits per heavy atom. The van der Waals surface area contributed by atoms with Crippen molar-refractivity contribution in [2.45, 2.75) is 187 Å². The van der Waals surface area contributed by atoms with Gasteiger partial charge in [-0.05, 0) is 96.3 Å². The number of phosphoric ester groups is 1. The van der Waals surface area contributed by atoms with Crippen LogP contribution in [0, 0.1) is 0 Å². The second kappa shape index (κ2) is 47.7. The summed E-state index contributed by atoms with van der Waals surface area (Å²) in [6, 6.07) is -0.901. The second-order valence-electron chi connectivity index (χ2n) is 18.1. The first kappa shape index (κ1) is 63.6. The summed E-state index contributed by atoms with van der Waals surface area (Å²) in [5.41, 5.74) is 0. The van der Waals surface area contributed by atoms with Crippen LogP contribution in [0.2, 0.25) is 0 Å². The van der Waals surface area contributed by atoms with Crippen LogP contribution in [0.15, 0.2) is 134 Å². The van der Waals surface area contributed by atoms with Crippen molar-refractivity contribution < 1.29 is 32.9 Å². The van der Waals surface area contributed by atoms with Gasteiger partial charge in [0.15, 0.2) is 0 Å². The maximum Gasteiger partial charge on any atom is 0.268 e. The van der Waals surface area contributed by atoms with Gasteiger partial charge in [-0.25, -0.2) is 0 Å². The van der Waals surface area contributed by atoms with E-state index in [0.717, 1.165) is 128 Å². The smallest absolute Gasteiger partial charge is 0.268 e. The van der Waals surface area contributed by atoms with E-state index in [1.54, 1.807) is 6.08 Å². The molecule has 3 unspecified atom stereocenters. The minimum atomic E-state index is -4.60. The van der Waals surface area contributed by atoms with Crippen molar-refractivity contribution >= 4 is 13.7 Å². The molecule has 0 fully saturated rings. The van der Waals surface area contributed by atoms with Crippen molar-refractivity contribution in [3.05, 3.63) is 134 Å². The van der Waals surface area contributed by atoms with E-state index in [1.807, 2.05) is 27.2 Å². The van der Waals surface area contributed by atoms with Gasteiger partial charge >= 0.3 is 0 Å². The molecule has 8 nitrogen and oxygen atoms in total. The fourth-order valence-electron chi connectivity index (χ4n) is 6.53. The number of phosphoric acid groups is 1. The predicted octanol–water partition coefficient (Wildman–Crippen LogP) is 15.0. The number of hydrogen-bond acceptors (Lipinski definition) is 6. The van der Waals surface area contributed by atoms with Crippen LogP contribution in [0.4, 0.5) is 0 Å². The summed E-state index contributed by atoms with van der Waals surface area (Å²) in [5.74, 6) is -0.223. The number of unbranched alkanes of at least 4 members (excludes halogenated alkanes) is 12. The molecule has 380 valence electrons. The predicted molar refractivity (Wildman–Crippen MR) is 288 cm³/mol. The zero-order valence-electron chi connectivity index (χ0n) is 43.0. The zero-order chi connectivity index (χ0) is 49.2. The highest BCUT2D eigenvalue weighted by molar-refractivity contribution is 7.45. The number of nitrogens with one attached hydrogen (secondary N) is 1. The Hall–Kier alpha value is -3.36. The Bertz CT molecular complexity index is 1540. The number of amides is 1. The number of allylic oxidation sites excluding steroid dienone is 21. The lowest BCUT2D eigenvalue weighted by atomic mass is 10.1. The van der Waals surface area contributed by atoms with Gasteiger partial charge < -0.3 is 28.8 Å². The molecule has 0 aliphatic carbocycles. The van der Waals surface area contributed by atoms with Gasteiger partial charge in [-0.1, -0.05) is 205 Å². The average molecular weight is 949 g/mol. The fourth-order valence-corrected chi connectivity index (χ4v) is 7.25. The minimum absolute atomic E-state index is 0.0118. The number of hydrogen-bond donors (Lipinski definition) is 2. The molecule has 0 saturated carbocycles. The SMILES string of the molecule is CC/C=C\C/C=C\C/C=C\C/C=C\C/C=C\C/C=C\C/C=C\C/C=C\C/C=C\C/C=C\CCCCCCCCC(=O)NC(COP(=O)([O-])OCC[N+](C)(C)C)C(O)/C=C/CCCCCCCC. The number of carbonyl (C=O) groups is 1. The highest BCUT2D eigenvalue weighted by Gasteiger charge is 2.23. The lowest BCUT2D eigenvalue weighted by Gasteiger charge is -2.29. The normalized spacial score (nSPS) is 15.1. The van der Waals surface area contributed by atoms with E-state index in [4.69, 9.17) is 9.05 Å². The van der Waals surface area contributed by atoms with Crippen molar-refractivity contribution in [1.82, 2.24) is 5.32 Å². The molecule has 0 aliphatic heterocycles. The lowest BCUT2D eigenvalue weighted by molar-refractivity contribution is -0.870. The van der Waals surface area contributed by atoms with Crippen LogP contribution >= 0.6 is 7.82 Å². The highest BCUT2D eigenvalue weighted by atomic mass is 31.2. The van der Waals surface area contributed by atoms with Gasteiger partial charge in [0, 0.05) is 6.42 Å². The third-order valence-corrected chi connectivity index (χ3v) is 11.6. The van der Waals surface area contributed by atoms with Crippen LogP contribution in [-0.2, 0) is 18.4 Å². The molecule has 0 aromatic rings. The molecule has 1 amide bonds. The maximum absolute atomic E-state index is 12.8. The van der Waals surface area contributed by atoms with E-state index in [1.165, 1.54) is 25.7 Å². The fraction of sp³-hybridized carbons (Fsp3) is 0.603. The Balaban J connectivity index is 4.12. The summed E-state index contributed by atoms with van der Waals surface area (Å²) in [5, 5.41) is 13.7. The van der Waals surface area contributed by atoms with E-state index >= 15 is 0 Å². The first-order chi connectivity index (χ1) is 32.5. The summed E-state index contributed by atoms with van der Waals surface area (Å²) < 4.78 is 23.1. The molecule has 0 spiro atoms. The molecule has 3 atom stereocenters. The largest absolute Gasteiger partial charge is 0.756 e. The summed E-state index contributed by atoms with van der Waals surface area (Å²) in [4.78, 5) is 25.3. The summed E-state index contributed by atoms with van der Waals surface area (Å²) in [6.45, 7) is 4.44. The lowest BCUT2D eigenvalue weighted by Crippen LogP contribution is -2.45. The number of rotatable bonds is 45. The molecule has 0 aromatic carbocycles. The van der Waals surface area contributed by atoms with Crippen molar-refractivity contribution in [2.75, 3.05) is 40.9 Å². The highest BCUT2D eigenvalue weighted by Crippen LogP contribution is 2.38. The number of likely N-dealkylation sites (N-methyl/N-ethyl adjacent to an activating group) is 1. The summed E-state index contributed by atoms with van der Waals surface area (Å²) >= 11 is 0. The van der Waals surface area contributed by atoms with Crippen LogP contribution in [-0.4, -0.2) is 68.5 Å². The molecule has 0 aliphatic rings. The van der Waals surface area contributed by atoms with Gasteiger partial charge in [-0.15, -0.1) is 0 Å². The molecule has 0 heterocycles. The molecule has 0 saturated heterocycles. The molecule has 0 radical (unpaired) electrons. The Morgan fingerprint density at radius 3 is 1.33 bits per heavy atom. The Kier molecular flexibility index (Phi) is 45.3. The van der Waals surface area contributed by atoms with Crippen molar-refractivity contribution in [1.29, 1.82) is 0 Å². The van der Waals surface area contributed by atoms with Gasteiger partial charge in [0.05, 0.1) is 39.9 Å². The van der Waals surface area contributed by atoms with Crippen molar-refractivity contribution in [3.63, 3.8) is 0 Å². The topological polar surface area (TPSA) is 108 Å². The van der Waals surface area contributed by atoms with Crippen LogP contribution in [0.5, 0.6) is 0 Å². The quantitative estimate of drug-likeness (QED) is 0.0272. The number of aliphatic hydroxyl groups is 1. The van der Waals surface area contributed by atoms with Crippen molar-refractivity contribution in [3.8, 4) is 0 Å². The zero-order valence-corrected chi connectivity index (χ0v) is 43.9. The van der Waals surface area contributed by atoms with Crippen LogP contribution in [0.1, 0.15) is 174 Å². The molecule has 0 aromatic heterocycles. The summed E-state index contributed by atoms with van der Waals surface area (Å²) in [7, 11) is 1.22. The molecule has 0 rings (SSSR count). The number of nitrogens with zero attached hydrogens (tertiary/aromatic N) is 1. The van der Waals surface area contributed by atoms with Crippen LogP contribution in [0.3, 0.4) is 0 Å². The number of carbonyl (C=O) groups excluding carboxylic acids is 1. The third kappa shape index (κ3) is 50.3. The van der Waals surface area contributed by atoms with Gasteiger partial charge in [0.2, 0.25) is 5.91 Å². The van der Waals surface area contributed by atoms with Crippen molar-refractivity contribution in [2.24, 2.45) is 0 Å². The summed E-state index contributed by atoms with van der Waals surface area (Å²) in [6.07, 6.45) is 72.5. The molecule has 2 N–H and O–H groups in total. The first-order valence-corrected chi connectivity index (χ1v) is 27.5. The van der Waals surface area contributed by atoms with Gasteiger partial charge in [0.25, 0.3) is 7.82 Å². The average Bonchev–Trinajstić information content (AvgIpc) is 3.29. The van der Waals surface area contributed by atoms with Gasteiger partial charge in [-0.3, -0.25) is 9.36 Å². The van der Waals surface area contributed by atoms with Crippen LogP contribution < -0.4 is 10.2 Å². The molecular weight excluding hydrogens is 852 g/mol. The molecule has 67 heavy (non-hydrogen) atoms.